The van der Waals surface area contributed by atoms with E-state index in [9.17, 15) is 0 Å². The zero-order valence-electron chi connectivity index (χ0n) is 21.9. The van der Waals surface area contributed by atoms with Crippen LogP contribution in [-0.2, 0) is 23.4 Å². The van der Waals surface area contributed by atoms with E-state index in [1.54, 1.807) is 0 Å². The largest absolute Gasteiger partial charge is 0.407 e. The molecule has 0 aliphatic carbocycles. The van der Waals surface area contributed by atoms with E-state index >= 15 is 0 Å². The van der Waals surface area contributed by atoms with E-state index in [0.717, 1.165) is 32.1 Å². The predicted octanol–water partition coefficient (Wildman–Crippen LogP) is 6.62. The molecule has 0 bridgehead atoms. The van der Waals surface area contributed by atoms with Crippen molar-refractivity contribution in [2.24, 2.45) is 5.92 Å². The van der Waals surface area contributed by atoms with Crippen LogP contribution < -0.4 is 0 Å². The predicted molar refractivity (Wildman–Crippen MR) is 128 cm³/mol. The minimum Gasteiger partial charge on any atom is -0.407 e. The SMILES string of the molecule is CCCCOC(OCC(C)C)[Si](C)(OCCCC)C(C)(OC(C)CC)OC(C)(C)C. The van der Waals surface area contributed by atoms with Crippen molar-refractivity contribution < 1.29 is 23.4 Å². The number of hydrogen-bond donors (Lipinski definition) is 0. The summed E-state index contributed by atoms with van der Waals surface area (Å²) in [5.74, 6) is -0.0545. The zero-order valence-corrected chi connectivity index (χ0v) is 22.9. The molecule has 0 aromatic rings. The number of hydrogen-bond acceptors (Lipinski definition) is 5. The molecule has 0 fully saturated rings. The minimum atomic E-state index is -2.86. The fourth-order valence-corrected chi connectivity index (χ4v) is 6.31. The molecule has 0 aliphatic rings. The van der Waals surface area contributed by atoms with Crippen molar-refractivity contribution in [3.63, 3.8) is 0 Å². The Kier molecular flexibility index (Phi) is 14.2. The van der Waals surface area contributed by atoms with E-state index in [4.69, 9.17) is 23.4 Å². The Morgan fingerprint density at radius 3 is 1.87 bits per heavy atom. The molecule has 0 heterocycles. The lowest BCUT2D eigenvalue weighted by atomic mass is 10.2. The van der Waals surface area contributed by atoms with Crippen molar-refractivity contribution in [1.82, 2.24) is 0 Å². The molecule has 6 heteroatoms. The Balaban J connectivity index is 6.16. The van der Waals surface area contributed by atoms with Gasteiger partial charge in [-0.05, 0) is 66.3 Å². The van der Waals surface area contributed by atoms with Crippen LogP contribution >= 0.6 is 0 Å². The van der Waals surface area contributed by atoms with Crippen molar-refractivity contribution in [3.8, 4) is 0 Å². The van der Waals surface area contributed by atoms with Crippen LogP contribution in [0.25, 0.3) is 0 Å². The molecule has 30 heavy (non-hydrogen) atoms. The first-order valence-electron chi connectivity index (χ1n) is 12.1. The summed E-state index contributed by atoms with van der Waals surface area (Å²) in [6.45, 7) is 25.2. The van der Waals surface area contributed by atoms with Crippen LogP contribution in [0.3, 0.4) is 0 Å². The van der Waals surface area contributed by atoms with Gasteiger partial charge in [-0.15, -0.1) is 0 Å². The van der Waals surface area contributed by atoms with E-state index in [-0.39, 0.29) is 6.10 Å². The highest BCUT2D eigenvalue weighted by Crippen LogP contribution is 2.37. The summed E-state index contributed by atoms with van der Waals surface area (Å²) in [6.07, 6.45) is 5.07. The standard InChI is InChI=1S/C24H52O5Si/c1-12-15-17-25-22(26-19-20(4)5)30(11,27-18-16-13-2)24(10,28-21(6)14-3)29-23(7,8)9/h20-22H,12-19H2,1-11H3. The first-order valence-corrected chi connectivity index (χ1v) is 14.6. The lowest BCUT2D eigenvalue weighted by molar-refractivity contribution is -0.257. The Morgan fingerprint density at radius 1 is 0.833 bits per heavy atom. The van der Waals surface area contributed by atoms with Gasteiger partial charge in [-0.1, -0.05) is 47.5 Å². The first-order chi connectivity index (χ1) is 13.8. The van der Waals surface area contributed by atoms with Crippen LogP contribution in [0, 0.1) is 5.92 Å². The number of unbranched alkanes of at least 4 members (excludes halogenated alkanes) is 2. The molecular weight excluding hydrogens is 396 g/mol. The third kappa shape index (κ3) is 10.6. The molecule has 4 atom stereocenters. The van der Waals surface area contributed by atoms with Crippen LogP contribution in [-0.4, -0.2) is 51.2 Å². The average molecular weight is 449 g/mol. The maximum absolute atomic E-state index is 6.69. The summed E-state index contributed by atoms with van der Waals surface area (Å²) in [6, 6.07) is 0. The molecule has 0 aliphatic heterocycles. The fraction of sp³-hybridized carbons (Fsp3) is 1.00. The van der Waals surface area contributed by atoms with Crippen molar-refractivity contribution in [2.75, 3.05) is 19.8 Å². The average Bonchev–Trinajstić information content (AvgIpc) is 2.62. The van der Waals surface area contributed by atoms with Crippen molar-refractivity contribution in [1.29, 1.82) is 0 Å². The van der Waals surface area contributed by atoms with Crippen LogP contribution in [0.1, 0.15) is 101 Å². The molecule has 0 radical (unpaired) electrons. The van der Waals surface area contributed by atoms with Crippen LogP contribution in [0.15, 0.2) is 0 Å². The van der Waals surface area contributed by atoms with Crippen molar-refractivity contribution in [2.45, 2.75) is 131 Å². The Hall–Kier alpha value is 0.0169. The van der Waals surface area contributed by atoms with Gasteiger partial charge in [-0.3, -0.25) is 0 Å². The highest BCUT2D eigenvalue weighted by molar-refractivity contribution is 6.75. The van der Waals surface area contributed by atoms with Gasteiger partial charge in [0.15, 0.2) is 11.3 Å². The molecular formula is C24H52O5Si. The molecule has 0 amide bonds. The second kappa shape index (κ2) is 14.2. The smallest absolute Gasteiger partial charge is 0.313 e. The molecule has 0 aromatic heterocycles. The fourth-order valence-electron chi connectivity index (χ4n) is 3.12. The molecule has 4 unspecified atom stereocenters. The summed E-state index contributed by atoms with van der Waals surface area (Å²) in [5.41, 5.74) is -1.31. The molecule has 182 valence electrons. The van der Waals surface area contributed by atoms with Gasteiger partial charge in [0.25, 0.3) is 0 Å². The van der Waals surface area contributed by atoms with E-state index in [0.29, 0.717) is 25.7 Å². The monoisotopic (exact) mass is 448 g/mol. The molecule has 0 saturated carbocycles. The van der Waals surface area contributed by atoms with Gasteiger partial charge in [0.05, 0.1) is 18.3 Å². The van der Waals surface area contributed by atoms with Gasteiger partial charge in [0, 0.05) is 13.2 Å². The summed E-state index contributed by atoms with van der Waals surface area (Å²) in [4.78, 5) is 0. The molecule has 0 spiro atoms. The van der Waals surface area contributed by atoms with Crippen molar-refractivity contribution >= 4 is 8.32 Å². The lowest BCUT2D eigenvalue weighted by Crippen LogP contribution is -2.70. The minimum absolute atomic E-state index is 0.0420. The topological polar surface area (TPSA) is 46.2 Å². The maximum Gasteiger partial charge on any atom is 0.313 e. The van der Waals surface area contributed by atoms with E-state index in [1.165, 1.54) is 0 Å². The highest BCUT2D eigenvalue weighted by atomic mass is 28.4. The van der Waals surface area contributed by atoms with E-state index in [2.05, 4.69) is 68.9 Å². The van der Waals surface area contributed by atoms with Crippen molar-refractivity contribution in [3.05, 3.63) is 0 Å². The summed E-state index contributed by atoms with van der Waals surface area (Å²) in [7, 11) is -2.86. The maximum atomic E-state index is 6.69. The Labute approximate surface area is 188 Å². The van der Waals surface area contributed by atoms with Crippen LogP contribution in [0.2, 0.25) is 6.55 Å². The summed E-state index contributed by atoms with van der Waals surface area (Å²) < 4.78 is 32.7. The molecule has 5 nitrogen and oxygen atoms in total. The molecule has 0 rings (SSSR count). The Morgan fingerprint density at radius 2 is 1.40 bits per heavy atom. The van der Waals surface area contributed by atoms with E-state index < -0.39 is 25.2 Å². The molecule has 0 N–H and O–H groups in total. The van der Waals surface area contributed by atoms with Gasteiger partial charge in [-0.2, -0.15) is 0 Å². The quantitative estimate of drug-likeness (QED) is 0.142. The highest BCUT2D eigenvalue weighted by Gasteiger charge is 2.60. The van der Waals surface area contributed by atoms with Gasteiger partial charge in [0.2, 0.25) is 0 Å². The van der Waals surface area contributed by atoms with Gasteiger partial charge in [-0.25, -0.2) is 0 Å². The summed E-state index contributed by atoms with van der Waals surface area (Å²) >= 11 is 0. The van der Waals surface area contributed by atoms with Gasteiger partial charge < -0.3 is 23.4 Å². The number of rotatable bonds is 17. The summed E-state index contributed by atoms with van der Waals surface area (Å²) in [5, 5.41) is 0. The Bertz CT molecular complexity index is 440. The zero-order chi connectivity index (χ0) is 23.4. The van der Waals surface area contributed by atoms with Gasteiger partial charge in [0.1, 0.15) is 0 Å². The van der Waals surface area contributed by atoms with E-state index in [1.807, 2.05) is 6.92 Å². The number of ether oxygens (including phenoxy) is 4. The lowest BCUT2D eigenvalue weighted by Gasteiger charge is -2.50. The van der Waals surface area contributed by atoms with Gasteiger partial charge >= 0.3 is 8.32 Å². The third-order valence-electron chi connectivity index (χ3n) is 5.10. The molecule has 0 saturated heterocycles. The second-order valence-electron chi connectivity index (χ2n) is 10.1. The van der Waals surface area contributed by atoms with Crippen LogP contribution in [0.4, 0.5) is 0 Å². The molecule has 0 aromatic carbocycles. The third-order valence-corrected chi connectivity index (χ3v) is 9.16. The normalized spacial score (nSPS) is 18.8. The first kappa shape index (κ1) is 30.0. The second-order valence-corrected chi connectivity index (χ2v) is 14.0. The van der Waals surface area contributed by atoms with Crippen LogP contribution in [0.5, 0.6) is 0 Å².